The van der Waals surface area contributed by atoms with Gasteiger partial charge in [-0.2, -0.15) is 0 Å². The first kappa shape index (κ1) is 27.4. The number of anilines is 1. The van der Waals surface area contributed by atoms with Crippen LogP contribution in [0.1, 0.15) is 15.9 Å². The third-order valence-corrected chi connectivity index (χ3v) is 7.29. The first-order valence-electron chi connectivity index (χ1n) is 11.7. The molecule has 0 bridgehead atoms. The van der Waals surface area contributed by atoms with Gasteiger partial charge in [-0.15, -0.1) is 0 Å². The van der Waals surface area contributed by atoms with Crippen LogP contribution >= 0.6 is 11.6 Å². The van der Waals surface area contributed by atoms with E-state index in [1.165, 1.54) is 48.5 Å². The molecule has 2 N–H and O–H groups in total. The first-order valence-corrected chi connectivity index (χ1v) is 13.9. The molecule has 38 heavy (non-hydrogen) atoms. The van der Waals surface area contributed by atoms with E-state index in [-0.39, 0.29) is 23.9 Å². The summed E-state index contributed by atoms with van der Waals surface area (Å²) in [5, 5.41) is 14.0. The number of rotatable bonds is 9. The molecule has 0 unspecified atom stereocenters. The van der Waals surface area contributed by atoms with E-state index in [1.807, 2.05) is 0 Å². The summed E-state index contributed by atoms with van der Waals surface area (Å²) in [7, 11) is -3.37. The SMILES string of the molecule is Cc1cn(C[C@H](O)COc2ccc(F)cc2)c(-c2ccccc2Cl)c1C(=O)Nc1ccc(S(C)(=O)=O)cc1. The lowest BCUT2D eigenvalue weighted by Gasteiger charge is -2.17. The molecule has 3 aromatic carbocycles. The van der Waals surface area contributed by atoms with Crippen molar-refractivity contribution in [3.8, 4) is 17.0 Å². The largest absolute Gasteiger partial charge is 0.491 e. The van der Waals surface area contributed by atoms with E-state index in [1.54, 1.807) is 42.0 Å². The Kier molecular flexibility index (Phi) is 8.20. The van der Waals surface area contributed by atoms with Crippen LogP contribution < -0.4 is 10.1 Å². The van der Waals surface area contributed by atoms with E-state index in [2.05, 4.69) is 5.32 Å². The Hall–Kier alpha value is -3.66. The van der Waals surface area contributed by atoms with Gasteiger partial charge in [-0.3, -0.25) is 4.79 Å². The predicted molar refractivity (Wildman–Crippen MR) is 145 cm³/mol. The van der Waals surface area contributed by atoms with Gasteiger partial charge in [-0.1, -0.05) is 29.8 Å². The third-order valence-electron chi connectivity index (χ3n) is 5.83. The van der Waals surface area contributed by atoms with Crippen molar-refractivity contribution < 1.29 is 27.4 Å². The van der Waals surface area contributed by atoms with E-state index in [0.717, 1.165) is 6.26 Å². The molecule has 0 aliphatic heterocycles. The van der Waals surface area contributed by atoms with Gasteiger partial charge in [0.2, 0.25) is 0 Å². The molecule has 0 saturated carbocycles. The fourth-order valence-corrected chi connectivity index (χ4v) is 4.90. The summed E-state index contributed by atoms with van der Waals surface area (Å²) in [4.78, 5) is 13.6. The van der Waals surface area contributed by atoms with Crippen LogP contribution in [0.25, 0.3) is 11.3 Å². The number of ether oxygens (including phenoxy) is 1. The summed E-state index contributed by atoms with van der Waals surface area (Å²) in [5.74, 6) is -0.384. The number of aromatic nitrogens is 1. The molecule has 0 fully saturated rings. The molecule has 0 spiro atoms. The Labute approximate surface area is 225 Å². The maximum atomic E-state index is 13.5. The Morgan fingerprint density at radius 3 is 2.37 bits per heavy atom. The number of sulfone groups is 1. The minimum Gasteiger partial charge on any atom is -0.491 e. The normalized spacial score (nSPS) is 12.2. The van der Waals surface area contributed by atoms with Crippen LogP contribution in [0, 0.1) is 12.7 Å². The maximum absolute atomic E-state index is 13.5. The predicted octanol–water partition coefficient (Wildman–Crippen LogP) is 5.35. The third kappa shape index (κ3) is 6.42. The molecule has 0 aliphatic carbocycles. The molecule has 0 aliphatic rings. The quantitative estimate of drug-likeness (QED) is 0.289. The van der Waals surface area contributed by atoms with Crippen molar-refractivity contribution >= 4 is 33.0 Å². The summed E-state index contributed by atoms with van der Waals surface area (Å²) in [6, 6.07) is 18.5. The van der Waals surface area contributed by atoms with E-state index in [0.29, 0.717) is 38.8 Å². The average Bonchev–Trinajstić information content (AvgIpc) is 3.19. The second-order valence-corrected chi connectivity index (χ2v) is 11.3. The smallest absolute Gasteiger partial charge is 0.258 e. The molecule has 7 nitrogen and oxygen atoms in total. The van der Waals surface area contributed by atoms with Crippen LogP contribution in [0.5, 0.6) is 5.75 Å². The van der Waals surface area contributed by atoms with Crippen molar-refractivity contribution in [1.82, 2.24) is 4.57 Å². The molecule has 10 heteroatoms. The molecule has 1 atom stereocenters. The molecule has 0 saturated heterocycles. The van der Waals surface area contributed by atoms with E-state index >= 15 is 0 Å². The number of hydrogen-bond acceptors (Lipinski definition) is 5. The van der Waals surface area contributed by atoms with Gasteiger partial charge in [0.15, 0.2) is 9.84 Å². The number of nitrogens with zero attached hydrogens (tertiary/aromatic N) is 1. The van der Waals surface area contributed by atoms with Gasteiger partial charge in [0.1, 0.15) is 24.3 Å². The summed E-state index contributed by atoms with van der Waals surface area (Å²) < 4.78 is 44.0. The Morgan fingerprint density at radius 1 is 1.08 bits per heavy atom. The number of hydrogen-bond donors (Lipinski definition) is 2. The number of aryl methyl sites for hydroxylation is 1. The van der Waals surface area contributed by atoms with Crippen LogP contribution in [0.15, 0.2) is 83.9 Å². The minimum atomic E-state index is -3.37. The first-order chi connectivity index (χ1) is 18.0. The van der Waals surface area contributed by atoms with E-state index in [9.17, 15) is 22.7 Å². The molecule has 1 aromatic heterocycles. The zero-order valence-corrected chi connectivity index (χ0v) is 22.3. The number of amides is 1. The zero-order chi connectivity index (χ0) is 27.4. The second kappa shape index (κ2) is 11.4. The zero-order valence-electron chi connectivity index (χ0n) is 20.7. The van der Waals surface area contributed by atoms with Crippen LogP contribution in [-0.2, 0) is 16.4 Å². The second-order valence-electron chi connectivity index (χ2n) is 8.84. The van der Waals surface area contributed by atoms with Gasteiger partial charge < -0.3 is 19.7 Å². The number of carbonyl (C=O) groups excluding carboxylic acids is 1. The van der Waals surface area contributed by atoms with Gasteiger partial charge in [-0.05, 0) is 67.1 Å². The topological polar surface area (TPSA) is 97.6 Å². The fraction of sp³-hybridized carbons (Fsp3) is 0.179. The lowest BCUT2D eigenvalue weighted by Crippen LogP contribution is -2.24. The number of nitrogens with one attached hydrogen (secondary N) is 1. The van der Waals surface area contributed by atoms with Gasteiger partial charge in [0.25, 0.3) is 5.91 Å². The maximum Gasteiger partial charge on any atom is 0.258 e. The standard InChI is InChI=1S/C28H26ClFN2O5S/c1-18-15-32(16-21(33)17-37-22-11-7-19(30)8-12-22)27(24-5-3-4-6-25(24)29)26(18)28(34)31-20-9-13-23(14-10-20)38(2,35)36/h3-15,21,33H,16-17H2,1-2H3,(H,31,34)/t21-/m0/s1. The monoisotopic (exact) mass is 556 g/mol. The van der Waals surface area contributed by atoms with Gasteiger partial charge >= 0.3 is 0 Å². The average molecular weight is 557 g/mol. The van der Waals surface area contributed by atoms with Crippen molar-refractivity contribution in [1.29, 1.82) is 0 Å². The lowest BCUT2D eigenvalue weighted by atomic mass is 10.0. The minimum absolute atomic E-state index is 0.0565. The lowest BCUT2D eigenvalue weighted by molar-refractivity contribution is 0.0927. The molecule has 1 heterocycles. The van der Waals surface area contributed by atoms with Crippen LogP contribution in [0.2, 0.25) is 5.02 Å². The van der Waals surface area contributed by atoms with Crippen molar-refractivity contribution in [2.45, 2.75) is 24.5 Å². The van der Waals surface area contributed by atoms with Crippen LogP contribution in [-0.4, -0.2) is 43.0 Å². The fourth-order valence-electron chi connectivity index (χ4n) is 4.05. The summed E-state index contributed by atoms with van der Waals surface area (Å²) in [6.07, 6.45) is 1.91. The highest BCUT2D eigenvalue weighted by atomic mass is 35.5. The molecule has 1 amide bonds. The van der Waals surface area contributed by atoms with Gasteiger partial charge in [0, 0.05) is 28.7 Å². The molecular formula is C28H26ClFN2O5S. The molecule has 0 radical (unpaired) electrons. The number of benzene rings is 3. The number of aliphatic hydroxyl groups excluding tert-OH is 1. The van der Waals surface area contributed by atoms with Crippen LogP contribution in [0.3, 0.4) is 0 Å². The van der Waals surface area contributed by atoms with Gasteiger partial charge in [-0.25, -0.2) is 12.8 Å². The Balaban J connectivity index is 1.62. The Morgan fingerprint density at radius 2 is 1.74 bits per heavy atom. The molecule has 4 rings (SSSR count). The summed E-state index contributed by atoms with van der Waals surface area (Å²) >= 11 is 6.51. The van der Waals surface area contributed by atoms with Crippen molar-refractivity contribution in [3.05, 3.63) is 101 Å². The summed E-state index contributed by atoms with van der Waals surface area (Å²) in [5.41, 5.74) is 2.55. The van der Waals surface area contributed by atoms with Crippen molar-refractivity contribution in [2.24, 2.45) is 0 Å². The van der Waals surface area contributed by atoms with E-state index < -0.39 is 21.8 Å². The van der Waals surface area contributed by atoms with Crippen molar-refractivity contribution in [2.75, 3.05) is 18.2 Å². The molecule has 198 valence electrons. The molecular weight excluding hydrogens is 531 g/mol. The summed E-state index contributed by atoms with van der Waals surface area (Å²) in [6.45, 7) is 1.82. The Bertz CT molecular complexity index is 1550. The highest BCUT2D eigenvalue weighted by Gasteiger charge is 2.24. The van der Waals surface area contributed by atoms with E-state index in [4.69, 9.17) is 16.3 Å². The number of aliphatic hydroxyl groups is 1. The number of carbonyl (C=O) groups is 1. The van der Waals surface area contributed by atoms with Crippen LogP contribution in [0.4, 0.5) is 10.1 Å². The highest BCUT2D eigenvalue weighted by molar-refractivity contribution is 7.90. The highest BCUT2D eigenvalue weighted by Crippen LogP contribution is 2.34. The molecule has 4 aromatic rings. The van der Waals surface area contributed by atoms with Crippen molar-refractivity contribution in [3.63, 3.8) is 0 Å². The van der Waals surface area contributed by atoms with Gasteiger partial charge in [0.05, 0.1) is 22.7 Å². The number of halogens is 2.